The number of rotatable bonds is 10. The molecule has 196 valence electrons. The van der Waals surface area contributed by atoms with Gasteiger partial charge in [-0.2, -0.15) is 15.1 Å². The highest BCUT2D eigenvalue weighted by Gasteiger charge is 2.22. The van der Waals surface area contributed by atoms with Crippen LogP contribution in [0.1, 0.15) is 22.7 Å². The molecule has 2 aliphatic heterocycles. The van der Waals surface area contributed by atoms with Crippen LogP contribution in [-0.2, 0) is 17.7 Å². The number of benzene rings is 1. The third-order valence-electron chi connectivity index (χ3n) is 6.45. The average Bonchev–Trinajstić information content (AvgIpc) is 3.58. The van der Waals surface area contributed by atoms with Gasteiger partial charge < -0.3 is 19.3 Å². The van der Waals surface area contributed by atoms with Crippen LogP contribution in [0.15, 0.2) is 55.0 Å². The number of morpholine rings is 1. The summed E-state index contributed by atoms with van der Waals surface area (Å²) in [5.74, 6) is 1.59. The Balaban J connectivity index is 1.27. The molecule has 10 nitrogen and oxygen atoms in total. The SMILES string of the molecule is Cc1cccc(C2C=CN(c3cc(N4CCOCC4)nc(OCCc4cnn(CCN(C)C)c4)n3)N2)c1. The Kier molecular flexibility index (Phi) is 7.98. The maximum Gasteiger partial charge on any atom is 0.320 e. The van der Waals surface area contributed by atoms with Crippen molar-refractivity contribution >= 4 is 11.6 Å². The lowest BCUT2D eigenvalue weighted by molar-refractivity contribution is 0.122. The average molecular weight is 505 g/mol. The normalized spacial score (nSPS) is 17.7. The lowest BCUT2D eigenvalue weighted by atomic mass is 10.1. The first-order chi connectivity index (χ1) is 18.0. The Bertz CT molecular complexity index is 1200. The molecule has 0 saturated carbocycles. The summed E-state index contributed by atoms with van der Waals surface area (Å²) in [6.07, 6.45) is 8.87. The van der Waals surface area contributed by atoms with Crippen LogP contribution < -0.4 is 20.1 Å². The van der Waals surface area contributed by atoms with Crippen molar-refractivity contribution in [3.63, 3.8) is 0 Å². The monoisotopic (exact) mass is 504 g/mol. The van der Waals surface area contributed by atoms with E-state index in [0.29, 0.717) is 25.8 Å². The minimum atomic E-state index is 0.0788. The number of ether oxygens (including phenoxy) is 2. The molecule has 0 radical (unpaired) electrons. The van der Waals surface area contributed by atoms with Gasteiger partial charge in [-0.05, 0) is 38.2 Å². The Morgan fingerprint density at radius 1 is 1.14 bits per heavy atom. The Morgan fingerprint density at radius 3 is 2.78 bits per heavy atom. The van der Waals surface area contributed by atoms with Crippen LogP contribution in [0.25, 0.3) is 0 Å². The lowest BCUT2D eigenvalue weighted by Crippen LogP contribution is -2.37. The molecule has 37 heavy (non-hydrogen) atoms. The van der Waals surface area contributed by atoms with Crippen LogP contribution in [0.4, 0.5) is 11.6 Å². The number of nitrogens with one attached hydrogen (secondary N) is 1. The molecule has 5 rings (SSSR count). The van der Waals surface area contributed by atoms with Gasteiger partial charge in [0, 0.05) is 44.5 Å². The molecule has 10 heteroatoms. The highest BCUT2D eigenvalue weighted by atomic mass is 16.5. The van der Waals surface area contributed by atoms with Gasteiger partial charge in [-0.3, -0.25) is 9.69 Å². The third kappa shape index (κ3) is 6.65. The fraction of sp³-hybridized carbons (Fsp3) is 0.444. The van der Waals surface area contributed by atoms with Crippen molar-refractivity contribution in [1.29, 1.82) is 0 Å². The van der Waals surface area contributed by atoms with Crippen LogP contribution >= 0.6 is 0 Å². The molecule has 1 fully saturated rings. The van der Waals surface area contributed by atoms with E-state index < -0.39 is 0 Å². The standard InChI is InChI=1S/C27H36N8O2/c1-21-5-4-6-23(17-21)24-7-9-35(31-24)26-18-25(33-12-15-36-16-13-33)29-27(30-26)37-14-8-22-19-28-34(20-22)11-10-32(2)3/h4-7,9,17-20,24,31H,8,10-16H2,1-3H3. The zero-order valence-electron chi connectivity index (χ0n) is 21.9. The van der Waals surface area contributed by atoms with Gasteiger partial charge in [-0.25, -0.2) is 5.43 Å². The fourth-order valence-corrected chi connectivity index (χ4v) is 4.36. The minimum absolute atomic E-state index is 0.0788. The van der Waals surface area contributed by atoms with Gasteiger partial charge in [-0.1, -0.05) is 29.8 Å². The van der Waals surface area contributed by atoms with Gasteiger partial charge in [0.15, 0.2) is 5.82 Å². The molecule has 1 saturated heterocycles. The first kappa shape index (κ1) is 25.2. The second-order valence-corrected chi connectivity index (χ2v) is 9.71. The summed E-state index contributed by atoms with van der Waals surface area (Å²) < 4.78 is 13.6. The summed E-state index contributed by atoms with van der Waals surface area (Å²) in [6, 6.07) is 11.0. The van der Waals surface area contributed by atoms with Crippen LogP contribution in [0.3, 0.4) is 0 Å². The largest absolute Gasteiger partial charge is 0.463 e. The first-order valence-electron chi connectivity index (χ1n) is 12.8. The molecule has 0 aliphatic carbocycles. The number of hydrogen-bond donors (Lipinski definition) is 1. The van der Waals surface area contributed by atoms with Gasteiger partial charge in [0.2, 0.25) is 0 Å². The quantitative estimate of drug-likeness (QED) is 0.448. The summed E-state index contributed by atoms with van der Waals surface area (Å²) in [5, 5.41) is 6.40. The van der Waals surface area contributed by atoms with Gasteiger partial charge >= 0.3 is 6.01 Å². The number of hydrogen-bond acceptors (Lipinski definition) is 9. The van der Waals surface area contributed by atoms with Crippen molar-refractivity contribution in [2.24, 2.45) is 0 Å². The fourth-order valence-electron chi connectivity index (χ4n) is 4.36. The summed E-state index contributed by atoms with van der Waals surface area (Å²) >= 11 is 0. The predicted molar refractivity (Wildman–Crippen MR) is 144 cm³/mol. The van der Waals surface area contributed by atoms with E-state index in [9.17, 15) is 0 Å². The molecule has 0 amide bonds. The zero-order valence-corrected chi connectivity index (χ0v) is 21.9. The van der Waals surface area contributed by atoms with Crippen molar-refractivity contribution in [3.05, 3.63) is 71.7 Å². The van der Waals surface area contributed by atoms with E-state index in [1.807, 2.05) is 28.2 Å². The van der Waals surface area contributed by atoms with E-state index in [-0.39, 0.29) is 6.04 Å². The molecule has 1 atom stereocenters. The minimum Gasteiger partial charge on any atom is -0.463 e. The summed E-state index contributed by atoms with van der Waals surface area (Å²) in [5.41, 5.74) is 7.11. The second kappa shape index (κ2) is 11.7. The molecule has 0 bridgehead atoms. The lowest BCUT2D eigenvalue weighted by Gasteiger charge is -2.29. The zero-order chi connectivity index (χ0) is 25.6. The van der Waals surface area contributed by atoms with Crippen molar-refractivity contribution < 1.29 is 9.47 Å². The van der Waals surface area contributed by atoms with Gasteiger partial charge in [0.1, 0.15) is 5.82 Å². The van der Waals surface area contributed by atoms with E-state index >= 15 is 0 Å². The number of aryl methyl sites for hydroxylation is 1. The summed E-state index contributed by atoms with van der Waals surface area (Å²) in [4.78, 5) is 13.8. The third-order valence-corrected chi connectivity index (χ3v) is 6.45. The maximum atomic E-state index is 6.07. The molecule has 2 aromatic heterocycles. The maximum absolute atomic E-state index is 6.07. The van der Waals surface area contributed by atoms with Crippen LogP contribution in [0.2, 0.25) is 0 Å². The molecule has 4 heterocycles. The van der Waals surface area contributed by atoms with Crippen LogP contribution in [0.5, 0.6) is 6.01 Å². The second-order valence-electron chi connectivity index (χ2n) is 9.71. The Labute approximate surface area is 218 Å². The molecule has 2 aliphatic rings. The molecule has 1 aromatic carbocycles. The number of anilines is 2. The predicted octanol–water partition coefficient (Wildman–Crippen LogP) is 2.58. The summed E-state index contributed by atoms with van der Waals surface area (Å²) in [7, 11) is 4.13. The Morgan fingerprint density at radius 2 is 1.97 bits per heavy atom. The van der Waals surface area contributed by atoms with E-state index in [0.717, 1.165) is 49.8 Å². The van der Waals surface area contributed by atoms with Crippen molar-refractivity contribution in [1.82, 2.24) is 30.1 Å². The molecule has 1 N–H and O–H groups in total. The van der Waals surface area contributed by atoms with E-state index in [1.54, 1.807) is 0 Å². The van der Waals surface area contributed by atoms with Crippen molar-refractivity contribution in [3.8, 4) is 6.01 Å². The highest BCUT2D eigenvalue weighted by Crippen LogP contribution is 2.28. The van der Waals surface area contributed by atoms with Gasteiger partial charge in [-0.15, -0.1) is 0 Å². The summed E-state index contributed by atoms with van der Waals surface area (Å²) in [6.45, 7) is 7.34. The Hall–Kier alpha value is -3.47. The van der Waals surface area contributed by atoms with Gasteiger partial charge in [0.05, 0.1) is 38.6 Å². The number of aromatic nitrogens is 4. The number of hydrazine groups is 1. The van der Waals surface area contributed by atoms with Crippen molar-refractivity contribution in [2.45, 2.75) is 25.9 Å². The molecular formula is C27H36N8O2. The van der Waals surface area contributed by atoms with Crippen molar-refractivity contribution in [2.75, 3.05) is 63.5 Å². The highest BCUT2D eigenvalue weighted by molar-refractivity contribution is 5.54. The molecule has 3 aromatic rings. The van der Waals surface area contributed by atoms with Gasteiger partial charge in [0.25, 0.3) is 0 Å². The molecular weight excluding hydrogens is 468 g/mol. The van der Waals surface area contributed by atoms with E-state index in [4.69, 9.17) is 19.4 Å². The van der Waals surface area contributed by atoms with E-state index in [1.165, 1.54) is 11.1 Å². The number of nitrogens with zero attached hydrogens (tertiary/aromatic N) is 7. The first-order valence-corrected chi connectivity index (χ1v) is 12.8. The van der Waals surface area contributed by atoms with Crippen LogP contribution in [-0.4, -0.2) is 78.2 Å². The topological polar surface area (TPSA) is 83.8 Å². The number of likely N-dealkylation sites (N-methyl/N-ethyl adjacent to an activating group) is 1. The van der Waals surface area contributed by atoms with E-state index in [2.05, 4.69) is 77.9 Å². The smallest absolute Gasteiger partial charge is 0.320 e. The molecule has 1 unspecified atom stereocenters. The molecule has 0 spiro atoms. The van der Waals surface area contributed by atoms with Crippen LogP contribution in [0, 0.1) is 6.92 Å².